The highest BCUT2D eigenvalue weighted by molar-refractivity contribution is 5.85. The number of likely N-dealkylation sites (tertiary alicyclic amines) is 1. The van der Waals surface area contributed by atoms with Crippen LogP contribution in [0.5, 0.6) is 0 Å². The lowest BCUT2D eigenvalue weighted by Crippen LogP contribution is -2.47. The summed E-state index contributed by atoms with van der Waals surface area (Å²) in [6.45, 7) is 4.15. The summed E-state index contributed by atoms with van der Waals surface area (Å²) in [4.78, 5) is 2.31. The zero-order valence-corrected chi connectivity index (χ0v) is 8.79. The Morgan fingerprint density at radius 3 is 2.75 bits per heavy atom. The van der Waals surface area contributed by atoms with Crippen LogP contribution < -0.4 is 5.32 Å². The van der Waals surface area contributed by atoms with Gasteiger partial charge in [-0.15, -0.1) is 24.8 Å². The van der Waals surface area contributed by atoms with E-state index in [9.17, 15) is 0 Å². The molecule has 2 atom stereocenters. The van der Waals surface area contributed by atoms with Crippen molar-refractivity contribution in [2.24, 2.45) is 0 Å². The van der Waals surface area contributed by atoms with Crippen LogP contribution in [0.25, 0.3) is 0 Å². The monoisotopic (exact) mass is 214 g/mol. The molecule has 1 N–H and O–H groups in total. The van der Waals surface area contributed by atoms with Gasteiger partial charge in [-0.1, -0.05) is 0 Å². The third kappa shape index (κ3) is 2.47. The summed E-state index contributed by atoms with van der Waals surface area (Å²) in [7, 11) is 2.14. The number of hydrogen-bond acceptors (Lipinski definition) is 3. The lowest BCUT2D eigenvalue weighted by atomic mass is 10.2. The van der Waals surface area contributed by atoms with Crippen molar-refractivity contribution >= 4 is 24.8 Å². The first-order valence-corrected chi connectivity index (χ1v) is 3.90. The molecule has 2 fully saturated rings. The number of nitrogens with zero attached hydrogens (tertiary/aromatic N) is 1. The zero-order valence-electron chi connectivity index (χ0n) is 7.16. The first-order valence-electron chi connectivity index (χ1n) is 3.90. The number of hydrogen-bond donors (Lipinski definition) is 1. The van der Waals surface area contributed by atoms with Gasteiger partial charge in [0.2, 0.25) is 0 Å². The van der Waals surface area contributed by atoms with Crippen LogP contribution in [0.1, 0.15) is 0 Å². The van der Waals surface area contributed by atoms with Crippen LogP contribution in [0.15, 0.2) is 0 Å². The molecule has 74 valence electrons. The number of rotatable bonds is 0. The molecule has 2 heterocycles. The number of ether oxygens (including phenoxy) is 1. The van der Waals surface area contributed by atoms with Crippen molar-refractivity contribution < 1.29 is 4.74 Å². The van der Waals surface area contributed by atoms with Crippen LogP contribution in [0.4, 0.5) is 0 Å². The van der Waals surface area contributed by atoms with Gasteiger partial charge in [0, 0.05) is 25.7 Å². The summed E-state index contributed by atoms with van der Waals surface area (Å²) in [6.07, 6.45) is 0.457. The van der Waals surface area contributed by atoms with Crippen molar-refractivity contribution in [3.8, 4) is 0 Å². The molecule has 0 aliphatic carbocycles. The minimum Gasteiger partial charge on any atom is -0.374 e. The lowest BCUT2D eigenvalue weighted by molar-refractivity contribution is 0.0184. The van der Waals surface area contributed by atoms with Gasteiger partial charge in [-0.25, -0.2) is 0 Å². The summed E-state index contributed by atoms with van der Waals surface area (Å²) < 4.78 is 5.57. The number of likely N-dealkylation sites (N-methyl/N-ethyl adjacent to an activating group) is 1. The zero-order chi connectivity index (χ0) is 6.97. The average Bonchev–Trinajstić information content (AvgIpc) is 2.27. The maximum absolute atomic E-state index is 5.57. The predicted molar refractivity (Wildman–Crippen MR) is 53.5 cm³/mol. The Hall–Kier alpha value is 0.460. The molecule has 0 saturated carbocycles. The SMILES string of the molecule is CN1C[C@H]2NCCO[C@@H]2C1.Cl.Cl. The summed E-state index contributed by atoms with van der Waals surface area (Å²) in [5.74, 6) is 0. The van der Waals surface area contributed by atoms with E-state index in [1.54, 1.807) is 0 Å². The molecule has 2 rings (SSSR count). The minimum atomic E-state index is 0. The van der Waals surface area contributed by atoms with E-state index in [0.29, 0.717) is 12.1 Å². The molecule has 3 nitrogen and oxygen atoms in total. The predicted octanol–water partition coefficient (Wildman–Crippen LogP) is 0.132. The van der Waals surface area contributed by atoms with Crippen molar-refractivity contribution in [2.75, 3.05) is 33.3 Å². The van der Waals surface area contributed by atoms with E-state index >= 15 is 0 Å². The third-order valence-corrected chi connectivity index (χ3v) is 2.29. The molecule has 0 aromatic carbocycles. The Morgan fingerprint density at radius 2 is 2.08 bits per heavy atom. The van der Waals surface area contributed by atoms with Crippen LogP contribution in [0.2, 0.25) is 0 Å². The summed E-state index contributed by atoms with van der Waals surface area (Å²) in [6, 6.07) is 0.596. The minimum absolute atomic E-state index is 0. The Kier molecular flexibility index (Phi) is 5.45. The second kappa shape index (κ2) is 5.25. The van der Waals surface area contributed by atoms with Gasteiger partial charge in [-0.3, -0.25) is 0 Å². The normalized spacial score (nSPS) is 34.8. The van der Waals surface area contributed by atoms with Gasteiger partial charge in [0.15, 0.2) is 0 Å². The molecule has 0 unspecified atom stereocenters. The smallest absolute Gasteiger partial charge is 0.0867 e. The van der Waals surface area contributed by atoms with Crippen molar-refractivity contribution in [2.45, 2.75) is 12.1 Å². The number of fused-ring (bicyclic) bond motifs is 1. The van der Waals surface area contributed by atoms with Crippen molar-refractivity contribution in [1.82, 2.24) is 10.2 Å². The average molecular weight is 215 g/mol. The first-order chi connectivity index (χ1) is 4.86. The van der Waals surface area contributed by atoms with Crippen LogP contribution in [0, 0.1) is 0 Å². The van der Waals surface area contributed by atoms with E-state index < -0.39 is 0 Å². The van der Waals surface area contributed by atoms with Gasteiger partial charge in [-0.2, -0.15) is 0 Å². The molecule has 0 bridgehead atoms. The maximum Gasteiger partial charge on any atom is 0.0867 e. The quantitative estimate of drug-likeness (QED) is 0.621. The topological polar surface area (TPSA) is 24.5 Å². The highest BCUT2D eigenvalue weighted by Gasteiger charge is 2.33. The molecular formula is C7H16Cl2N2O. The van der Waals surface area contributed by atoms with Crippen LogP contribution >= 0.6 is 24.8 Å². The first kappa shape index (κ1) is 12.5. The molecule has 0 aromatic heterocycles. The van der Waals surface area contributed by atoms with Crippen LogP contribution in [0.3, 0.4) is 0 Å². The third-order valence-electron chi connectivity index (χ3n) is 2.29. The largest absolute Gasteiger partial charge is 0.374 e. The molecule has 12 heavy (non-hydrogen) atoms. The Labute approximate surface area is 85.6 Å². The summed E-state index contributed by atoms with van der Waals surface area (Å²) in [5.41, 5.74) is 0. The highest BCUT2D eigenvalue weighted by Crippen LogP contribution is 2.13. The van der Waals surface area contributed by atoms with Gasteiger partial charge in [-0.05, 0) is 7.05 Å². The molecular weight excluding hydrogens is 199 g/mol. The van der Waals surface area contributed by atoms with E-state index in [1.807, 2.05) is 0 Å². The summed E-state index contributed by atoms with van der Waals surface area (Å²) >= 11 is 0. The highest BCUT2D eigenvalue weighted by atomic mass is 35.5. The fraction of sp³-hybridized carbons (Fsp3) is 1.00. The number of nitrogens with one attached hydrogen (secondary N) is 1. The van der Waals surface area contributed by atoms with Gasteiger partial charge in [0.05, 0.1) is 12.7 Å². The van der Waals surface area contributed by atoms with Crippen molar-refractivity contribution in [1.29, 1.82) is 0 Å². The molecule has 0 amide bonds. The molecule has 2 aliphatic rings. The van der Waals surface area contributed by atoms with Gasteiger partial charge >= 0.3 is 0 Å². The van der Waals surface area contributed by atoms with Crippen LogP contribution in [-0.2, 0) is 4.74 Å². The van der Waals surface area contributed by atoms with Crippen molar-refractivity contribution in [3.63, 3.8) is 0 Å². The Morgan fingerprint density at radius 1 is 1.33 bits per heavy atom. The van der Waals surface area contributed by atoms with Gasteiger partial charge < -0.3 is 15.0 Å². The molecule has 0 radical (unpaired) electrons. The maximum atomic E-state index is 5.57. The lowest BCUT2D eigenvalue weighted by Gasteiger charge is -2.25. The molecule has 2 aliphatic heterocycles. The molecule has 0 aromatic rings. The fourth-order valence-electron chi connectivity index (χ4n) is 1.78. The van der Waals surface area contributed by atoms with E-state index in [4.69, 9.17) is 4.74 Å². The van der Waals surface area contributed by atoms with Crippen molar-refractivity contribution in [3.05, 3.63) is 0 Å². The number of morpholine rings is 1. The Balaban J connectivity index is 0.000000605. The van der Waals surface area contributed by atoms with Gasteiger partial charge in [0.25, 0.3) is 0 Å². The van der Waals surface area contributed by atoms with E-state index in [0.717, 1.165) is 26.2 Å². The summed E-state index contributed by atoms with van der Waals surface area (Å²) in [5, 5.41) is 3.44. The van der Waals surface area contributed by atoms with E-state index in [1.165, 1.54) is 0 Å². The number of halogens is 2. The molecule has 5 heteroatoms. The van der Waals surface area contributed by atoms with E-state index in [2.05, 4.69) is 17.3 Å². The van der Waals surface area contributed by atoms with Crippen LogP contribution in [-0.4, -0.2) is 50.3 Å². The Bertz CT molecular complexity index is 123. The molecule has 2 saturated heterocycles. The second-order valence-corrected chi connectivity index (χ2v) is 3.19. The fourth-order valence-corrected chi connectivity index (χ4v) is 1.78. The standard InChI is InChI=1S/C7H14N2O.2ClH/c1-9-4-6-7(5-9)10-3-2-8-6;;/h6-8H,2-5H2,1H3;2*1H/t6-,7-;;/m1../s1. The molecule has 0 spiro atoms. The van der Waals surface area contributed by atoms with Gasteiger partial charge in [0.1, 0.15) is 0 Å². The van der Waals surface area contributed by atoms with E-state index in [-0.39, 0.29) is 24.8 Å². The second-order valence-electron chi connectivity index (χ2n) is 3.19.